The Morgan fingerprint density at radius 2 is 1.14 bits per heavy atom. The molecule has 1 aliphatic rings. The van der Waals surface area contributed by atoms with Crippen LogP contribution in [0.25, 0.3) is 105 Å². The van der Waals surface area contributed by atoms with Crippen molar-refractivity contribution in [2.24, 2.45) is 0 Å². The van der Waals surface area contributed by atoms with Gasteiger partial charge < -0.3 is 4.57 Å². The largest absolute Gasteiger partial charge is 0.416 e. The number of allylic oxidation sites excluding steroid dienone is 2. The molecule has 0 bridgehead atoms. The number of fused-ring (bicyclic) bond motifs is 6. The molecule has 0 aliphatic heterocycles. The fourth-order valence-electron chi connectivity index (χ4n) is 9.65. The van der Waals surface area contributed by atoms with E-state index in [1.54, 1.807) is 23.5 Å². The first-order valence-electron chi connectivity index (χ1n) is 22.1. The quantitative estimate of drug-likeness (QED) is 0.234. The second-order valence-electron chi connectivity index (χ2n) is 17.2. The Labute approximate surface area is 388 Å². The van der Waals surface area contributed by atoms with E-state index in [0.29, 0.717) is 23.0 Å². The summed E-state index contributed by atoms with van der Waals surface area (Å²) < 4.78 is 45.5. The molecular formula is C53H38B5F3N4S. The predicted molar refractivity (Wildman–Crippen MR) is 285 cm³/mol. The molecule has 10 aromatic rings. The Bertz CT molecular complexity index is 3690. The highest BCUT2D eigenvalue weighted by atomic mass is 32.1. The average Bonchev–Trinajstić information content (AvgIpc) is 3.76. The van der Waals surface area contributed by atoms with Gasteiger partial charge in [0.05, 0.1) is 16.4 Å². The number of hydrogen-bond acceptors (Lipinski definition) is 4. The van der Waals surface area contributed by atoms with E-state index >= 15 is 0 Å². The Morgan fingerprint density at radius 1 is 0.530 bits per heavy atom. The van der Waals surface area contributed by atoms with E-state index in [4.69, 9.17) is 15.0 Å². The second-order valence-corrected chi connectivity index (χ2v) is 18.2. The van der Waals surface area contributed by atoms with E-state index in [9.17, 15) is 13.2 Å². The molecule has 0 saturated heterocycles. The number of hydrogen-bond donors (Lipinski definition) is 0. The molecule has 0 amide bonds. The Balaban J connectivity index is 1.25. The molecule has 0 N–H and O–H groups in total. The van der Waals surface area contributed by atoms with Crippen LogP contribution in [0, 0.1) is 0 Å². The van der Waals surface area contributed by atoms with Crippen LogP contribution >= 0.6 is 11.3 Å². The molecule has 13 heteroatoms. The van der Waals surface area contributed by atoms with Crippen molar-refractivity contribution in [2.75, 3.05) is 0 Å². The summed E-state index contributed by atoms with van der Waals surface area (Å²) in [5, 5.41) is 5.37. The summed E-state index contributed by atoms with van der Waals surface area (Å²) in [6.45, 7) is 0. The molecule has 4 nitrogen and oxygen atoms in total. The third-order valence-electron chi connectivity index (χ3n) is 13.5. The maximum absolute atomic E-state index is 13.7. The van der Waals surface area contributed by atoms with Gasteiger partial charge in [-0.05, 0) is 65.1 Å². The molecule has 0 saturated carbocycles. The molecule has 7 aromatic carbocycles. The van der Waals surface area contributed by atoms with Crippen LogP contribution < -0.4 is 37.9 Å². The molecule has 3 heterocycles. The first kappa shape index (κ1) is 41.6. The number of nitrogens with zero attached hydrogens (tertiary/aromatic N) is 4. The number of benzene rings is 7. The van der Waals surface area contributed by atoms with Crippen LogP contribution in [0.1, 0.15) is 12.0 Å². The smallest absolute Gasteiger partial charge is 0.309 e. The lowest BCUT2D eigenvalue weighted by Gasteiger charge is -2.20. The van der Waals surface area contributed by atoms with Gasteiger partial charge in [0.2, 0.25) is 0 Å². The average molecular weight is 874 g/mol. The highest BCUT2D eigenvalue weighted by Crippen LogP contribution is 2.44. The maximum Gasteiger partial charge on any atom is 0.416 e. The minimum atomic E-state index is -4.42. The normalized spacial score (nSPS) is 12.6. The van der Waals surface area contributed by atoms with Gasteiger partial charge in [0.15, 0.2) is 17.5 Å². The SMILES string of the molecule is Bc1c(B)c(B)c(-c2cccc3c2sc2c(-c4nc(-c5ccccc5)nc(-c5ccccc5)n4)cc(-n4c5c(c6ccc(-c7ccc(C(F)(F)F)cc7)cc64)=CCC=CC=5)cc23)c(B)c1B. The number of alkyl halides is 3. The summed E-state index contributed by atoms with van der Waals surface area (Å²) in [6.07, 6.45) is 4.99. The highest BCUT2D eigenvalue weighted by Gasteiger charge is 2.30. The Hall–Kier alpha value is -7.10. The van der Waals surface area contributed by atoms with Gasteiger partial charge in [-0.3, -0.25) is 0 Å². The van der Waals surface area contributed by atoms with Crippen molar-refractivity contribution in [1.29, 1.82) is 0 Å². The Morgan fingerprint density at radius 3 is 1.79 bits per heavy atom. The molecule has 1 aliphatic carbocycles. The van der Waals surface area contributed by atoms with Crippen LogP contribution in [0.2, 0.25) is 0 Å². The van der Waals surface area contributed by atoms with Gasteiger partial charge in [-0.25, -0.2) is 15.0 Å². The third kappa shape index (κ3) is 6.96. The van der Waals surface area contributed by atoms with Gasteiger partial charge in [-0.15, -0.1) is 27.7 Å². The van der Waals surface area contributed by atoms with Crippen molar-refractivity contribution >= 4 is 121 Å². The van der Waals surface area contributed by atoms with Crippen molar-refractivity contribution in [3.63, 3.8) is 0 Å². The van der Waals surface area contributed by atoms with Gasteiger partial charge in [-0.2, -0.15) is 13.2 Å². The predicted octanol–water partition coefficient (Wildman–Crippen LogP) is 4.35. The van der Waals surface area contributed by atoms with Crippen molar-refractivity contribution in [3.05, 3.63) is 162 Å². The standard InChI is InChI=1S/C53H38B5F3N4S/c54-43-42(44(55)46(57)47(58)45(43)56)37-17-10-16-36-38-26-33(65-40-18-9-3-8-15-34(40)35-24-21-31(25-41(35)65)28-19-22-32(23-20-28)53(59,60)61)27-39(49(38)66-48(36)37)52-63-50(29-11-4-1-5-12-29)62-51(64-52)30-13-6-2-7-14-30/h1-7,9-27H,8,54-58H2. The molecule has 11 rings (SSSR count). The van der Waals surface area contributed by atoms with Crippen LogP contribution in [0.4, 0.5) is 13.2 Å². The van der Waals surface area contributed by atoms with Crippen LogP contribution in [0.15, 0.2) is 146 Å². The van der Waals surface area contributed by atoms with Crippen LogP contribution in [-0.2, 0) is 6.18 Å². The fourth-order valence-corrected chi connectivity index (χ4v) is 11.0. The molecule has 66 heavy (non-hydrogen) atoms. The molecule has 0 unspecified atom stereocenters. The van der Waals surface area contributed by atoms with Crippen molar-refractivity contribution in [2.45, 2.75) is 12.6 Å². The zero-order valence-corrected chi connectivity index (χ0v) is 37.9. The van der Waals surface area contributed by atoms with Crippen molar-refractivity contribution in [1.82, 2.24) is 19.5 Å². The molecule has 0 spiro atoms. The van der Waals surface area contributed by atoms with E-state index in [-0.39, 0.29) is 0 Å². The summed E-state index contributed by atoms with van der Waals surface area (Å²) in [6, 6.07) is 42.8. The monoisotopic (exact) mass is 874 g/mol. The van der Waals surface area contributed by atoms with Crippen LogP contribution in [0.3, 0.4) is 0 Å². The zero-order chi connectivity index (χ0) is 45.4. The zero-order valence-electron chi connectivity index (χ0n) is 37.0. The van der Waals surface area contributed by atoms with Gasteiger partial charge in [0.25, 0.3) is 0 Å². The van der Waals surface area contributed by atoms with Gasteiger partial charge in [0, 0.05) is 53.2 Å². The molecule has 0 radical (unpaired) electrons. The van der Waals surface area contributed by atoms with E-state index in [1.165, 1.54) is 43.1 Å². The number of halogens is 3. The summed E-state index contributed by atoms with van der Waals surface area (Å²) >= 11 is 1.77. The molecule has 3 aromatic heterocycles. The lowest BCUT2D eigenvalue weighted by atomic mass is 9.59. The molecular weight excluding hydrogens is 836 g/mol. The minimum absolute atomic E-state index is 0.556. The molecule has 312 valence electrons. The van der Waals surface area contributed by atoms with E-state index < -0.39 is 11.7 Å². The summed E-state index contributed by atoms with van der Waals surface area (Å²) in [5.41, 5.74) is 14.3. The number of thiophene rings is 1. The lowest BCUT2D eigenvalue weighted by molar-refractivity contribution is -0.137. The van der Waals surface area contributed by atoms with Crippen molar-refractivity contribution in [3.8, 4) is 62.1 Å². The number of aromatic nitrogens is 4. The van der Waals surface area contributed by atoms with E-state index in [2.05, 4.69) is 111 Å². The van der Waals surface area contributed by atoms with E-state index in [1.807, 2.05) is 66.7 Å². The lowest BCUT2D eigenvalue weighted by Crippen LogP contribution is -2.55. The summed E-state index contributed by atoms with van der Waals surface area (Å²) in [4.78, 5) is 15.6. The highest BCUT2D eigenvalue weighted by molar-refractivity contribution is 7.27. The third-order valence-corrected chi connectivity index (χ3v) is 14.8. The summed E-state index contributed by atoms with van der Waals surface area (Å²) in [7, 11) is 11.1. The first-order valence-corrected chi connectivity index (χ1v) is 22.9. The van der Waals surface area contributed by atoms with Crippen LogP contribution in [-0.4, -0.2) is 58.8 Å². The Kier molecular flexibility index (Phi) is 10.1. The summed E-state index contributed by atoms with van der Waals surface area (Å²) in [5.74, 6) is 1.71. The minimum Gasteiger partial charge on any atom is -0.309 e. The van der Waals surface area contributed by atoms with Gasteiger partial charge >= 0.3 is 6.18 Å². The number of rotatable bonds is 6. The van der Waals surface area contributed by atoms with Crippen LogP contribution in [0.5, 0.6) is 0 Å². The second kappa shape index (κ2) is 16.1. The van der Waals surface area contributed by atoms with Crippen molar-refractivity contribution < 1.29 is 13.2 Å². The van der Waals surface area contributed by atoms with Gasteiger partial charge in [-0.1, -0.05) is 132 Å². The van der Waals surface area contributed by atoms with Gasteiger partial charge in [0.1, 0.15) is 39.2 Å². The fraction of sp³-hybridized carbons (Fsp3) is 0.0377. The topological polar surface area (TPSA) is 43.6 Å². The molecule has 0 atom stereocenters. The maximum atomic E-state index is 13.7. The van der Waals surface area contributed by atoms with E-state index in [0.717, 1.165) is 83.4 Å². The first-order chi connectivity index (χ1) is 31.9. The molecule has 0 fully saturated rings.